The van der Waals surface area contributed by atoms with Gasteiger partial charge in [0.2, 0.25) is 17.7 Å². The number of aromatic nitrogens is 2. The maximum Gasteiger partial charge on any atom is 0.234 e. The van der Waals surface area contributed by atoms with E-state index in [0.717, 1.165) is 18.2 Å². The minimum absolute atomic E-state index is 0.129. The molecule has 0 saturated carbocycles. The van der Waals surface area contributed by atoms with Crippen LogP contribution in [0, 0.1) is 0 Å². The van der Waals surface area contributed by atoms with E-state index < -0.39 is 0 Å². The highest BCUT2D eigenvalue weighted by Gasteiger charge is 2.07. The lowest BCUT2D eigenvalue weighted by Gasteiger charge is -2.05. The molecule has 0 aliphatic carbocycles. The number of carbonyl (C=O) groups excluding carboxylic acids is 1. The summed E-state index contributed by atoms with van der Waals surface area (Å²) >= 11 is 9.05. The first-order chi connectivity index (χ1) is 8.15. The molecule has 0 unspecified atom stereocenters. The Hall–Kier alpha value is -0.880. The highest BCUT2D eigenvalue weighted by molar-refractivity contribution is 9.09. The number of carbonyl (C=O) groups is 1. The van der Waals surface area contributed by atoms with Gasteiger partial charge in [-0.15, -0.1) is 0 Å². The maximum atomic E-state index is 11.5. The Labute approximate surface area is 113 Å². The number of hydrogen-bond acceptors (Lipinski definition) is 4. The molecule has 0 atom stereocenters. The van der Waals surface area contributed by atoms with Crippen LogP contribution in [0.4, 0.5) is 5.95 Å². The second-order valence-electron chi connectivity index (χ2n) is 3.25. The third kappa shape index (κ3) is 5.32. The Morgan fingerprint density at radius 2 is 2.29 bits per heavy atom. The molecule has 1 aromatic rings. The Morgan fingerprint density at radius 1 is 1.53 bits per heavy atom. The normalized spacial score (nSPS) is 10.1. The van der Waals surface area contributed by atoms with Gasteiger partial charge in [-0.05, 0) is 12.8 Å². The maximum absolute atomic E-state index is 11.5. The van der Waals surface area contributed by atoms with Crippen LogP contribution in [0.3, 0.4) is 0 Å². The summed E-state index contributed by atoms with van der Waals surface area (Å²) in [5.74, 6) is 0.356. The number of hydrogen-bond donors (Lipinski definition) is 1. The van der Waals surface area contributed by atoms with Crippen LogP contribution in [0.15, 0.2) is 6.07 Å². The lowest BCUT2D eigenvalue weighted by Crippen LogP contribution is -2.14. The highest BCUT2D eigenvalue weighted by Crippen LogP contribution is 2.15. The first-order valence-electron chi connectivity index (χ1n) is 5.10. The molecule has 1 amide bonds. The average molecular weight is 323 g/mol. The van der Waals surface area contributed by atoms with E-state index in [-0.39, 0.29) is 17.0 Å². The largest absolute Gasteiger partial charge is 0.481 e. The summed E-state index contributed by atoms with van der Waals surface area (Å²) in [6.07, 6.45) is 2.20. The van der Waals surface area contributed by atoms with Crippen molar-refractivity contribution in [3.8, 4) is 5.88 Å². The number of rotatable bonds is 6. The van der Waals surface area contributed by atoms with Crippen LogP contribution in [0.1, 0.15) is 19.3 Å². The van der Waals surface area contributed by atoms with Gasteiger partial charge in [-0.2, -0.15) is 4.98 Å². The summed E-state index contributed by atoms with van der Waals surface area (Å²) in [5.41, 5.74) is 0. The molecular weight excluding hydrogens is 309 g/mol. The van der Waals surface area contributed by atoms with Gasteiger partial charge < -0.3 is 4.74 Å². The van der Waals surface area contributed by atoms with Gasteiger partial charge in [-0.25, -0.2) is 4.98 Å². The molecule has 0 radical (unpaired) electrons. The molecule has 0 saturated heterocycles. The molecule has 17 heavy (non-hydrogen) atoms. The molecule has 0 aromatic carbocycles. The zero-order chi connectivity index (χ0) is 12.7. The first kappa shape index (κ1) is 14.2. The van der Waals surface area contributed by atoms with Crippen LogP contribution in [0.2, 0.25) is 5.15 Å². The van der Waals surface area contributed by atoms with E-state index in [0.29, 0.717) is 12.3 Å². The second-order valence-corrected chi connectivity index (χ2v) is 4.43. The van der Waals surface area contributed by atoms with Gasteiger partial charge in [0.25, 0.3) is 0 Å². The molecule has 1 aromatic heterocycles. The zero-order valence-electron chi connectivity index (χ0n) is 9.37. The van der Waals surface area contributed by atoms with Crippen LogP contribution >= 0.6 is 27.5 Å². The fourth-order valence-corrected chi connectivity index (χ4v) is 1.69. The van der Waals surface area contributed by atoms with Crippen molar-refractivity contribution in [2.45, 2.75) is 19.3 Å². The predicted octanol–water partition coefficient (Wildman–Crippen LogP) is 2.64. The minimum Gasteiger partial charge on any atom is -0.481 e. The number of nitrogens with one attached hydrogen (secondary N) is 1. The summed E-state index contributed by atoms with van der Waals surface area (Å²) in [6, 6.07) is 1.47. The van der Waals surface area contributed by atoms with E-state index in [1.165, 1.54) is 13.2 Å². The Balaban J connectivity index is 2.55. The van der Waals surface area contributed by atoms with Crippen molar-refractivity contribution >= 4 is 39.4 Å². The predicted molar refractivity (Wildman–Crippen MR) is 69.9 cm³/mol. The van der Waals surface area contributed by atoms with Crippen molar-refractivity contribution in [1.29, 1.82) is 0 Å². The van der Waals surface area contributed by atoms with Gasteiger partial charge in [0.1, 0.15) is 5.15 Å². The van der Waals surface area contributed by atoms with Gasteiger partial charge in [0.15, 0.2) is 0 Å². The standard InChI is InChI=1S/C10H13BrClN3O2/c1-17-9-6-7(12)13-10(15-9)14-8(16)4-2-3-5-11/h6H,2-5H2,1H3,(H,13,14,15,16). The number of nitrogens with zero attached hydrogens (tertiary/aromatic N) is 2. The quantitative estimate of drug-likeness (QED) is 0.497. The fourth-order valence-electron chi connectivity index (χ4n) is 1.12. The Kier molecular flexibility index (Phi) is 6.21. The molecule has 0 bridgehead atoms. The van der Waals surface area contributed by atoms with Gasteiger partial charge in [-0.1, -0.05) is 27.5 Å². The van der Waals surface area contributed by atoms with E-state index in [1.807, 2.05) is 0 Å². The SMILES string of the molecule is COc1cc(Cl)nc(NC(=O)CCCCBr)n1. The Morgan fingerprint density at radius 3 is 2.94 bits per heavy atom. The van der Waals surface area contributed by atoms with Crippen molar-refractivity contribution in [2.24, 2.45) is 0 Å². The highest BCUT2D eigenvalue weighted by atomic mass is 79.9. The van der Waals surface area contributed by atoms with Crippen molar-refractivity contribution in [3.05, 3.63) is 11.2 Å². The summed E-state index contributed by atoms with van der Waals surface area (Å²) in [6.45, 7) is 0. The van der Waals surface area contributed by atoms with Crippen molar-refractivity contribution in [1.82, 2.24) is 9.97 Å². The molecule has 1 rings (SSSR count). The molecule has 0 aliphatic rings. The van der Waals surface area contributed by atoms with Gasteiger partial charge in [0.05, 0.1) is 7.11 Å². The monoisotopic (exact) mass is 321 g/mol. The molecule has 1 N–H and O–H groups in total. The molecular formula is C10H13BrClN3O2. The van der Waals surface area contributed by atoms with E-state index in [9.17, 15) is 4.79 Å². The molecule has 0 fully saturated rings. The van der Waals surface area contributed by atoms with Crippen molar-refractivity contribution in [3.63, 3.8) is 0 Å². The number of halogens is 2. The van der Waals surface area contributed by atoms with E-state index in [4.69, 9.17) is 16.3 Å². The molecule has 1 heterocycles. The second kappa shape index (κ2) is 7.45. The minimum atomic E-state index is -0.129. The Bertz CT molecular complexity index is 390. The number of unbranched alkanes of at least 4 members (excludes halogenated alkanes) is 1. The number of alkyl halides is 1. The van der Waals surface area contributed by atoms with Gasteiger partial charge >= 0.3 is 0 Å². The van der Waals surface area contributed by atoms with Crippen LogP contribution in [0.5, 0.6) is 5.88 Å². The fraction of sp³-hybridized carbons (Fsp3) is 0.500. The zero-order valence-corrected chi connectivity index (χ0v) is 11.7. The van der Waals surface area contributed by atoms with E-state index >= 15 is 0 Å². The van der Waals surface area contributed by atoms with Crippen molar-refractivity contribution < 1.29 is 9.53 Å². The van der Waals surface area contributed by atoms with Gasteiger partial charge in [-0.3, -0.25) is 10.1 Å². The first-order valence-corrected chi connectivity index (χ1v) is 6.60. The third-order valence-electron chi connectivity index (χ3n) is 1.92. The molecule has 0 aliphatic heterocycles. The van der Waals surface area contributed by atoms with E-state index in [2.05, 4.69) is 31.2 Å². The number of amides is 1. The van der Waals surface area contributed by atoms with Crippen LogP contribution in [-0.2, 0) is 4.79 Å². The average Bonchev–Trinajstić information content (AvgIpc) is 2.28. The van der Waals surface area contributed by atoms with Crippen LogP contribution in [-0.4, -0.2) is 28.3 Å². The summed E-state index contributed by atoms with van der Waals surface area (Å²) in [7, 11) is 1.47. The third-order valence-corrected chi connectivity index (χ3v) is 2.67. The van der Waals surface area contributed by atoms with Gasteiger partial charge in [0, 0.05) is 17.8 Å². The molecule has 0 spiro atoms. The lowest BCUT2D eigenvalue weighted by atomic mass is 10.2. The topological polar surface area (TPSA) is 64.1 Å². The summed E-state index contributed by atoms with van der Waals surface area (Å²) in [4.78, 5) is 19.4. The molecule has 94 valence electrons. The smallest absolute Gasteiger partial charge is 0.234 e. The molecule has 7 heteroatoms. The van der Waals surface area contributed by atoms with Crippen LogP contribution in [0.25, 0.3) is 0 Å². The number of ether oxygens (including phenoxy) is 1. The number of anilines is 1. The summed E-state index contributed by atoms with van der Waals surface area (Å²) < 4.78 is 4.92. The molecule has 5 nitrogen and oxygen atoms in total. The van der Waals surface area contributed by atoms with Crippen molar-refractivity contribution in [2.75, 3.05) is 17.8 Å². The number of methoxy groups -OCH3 is 1. The lowest BCUT2D eigenvalue weighted by molar-refractivity contribution is -0.116. The van der Waals surface area contributed by atoms with Crippen LogP contribution < -0.4 is 10.1 Å². The van der Waals surface area contributed by atoms with E-state index in [1.54, 1.807) is 0 Å². The summed E-state index contributed by atoms with van der Waals surface area (Å²) in [5, 5.41) is 3.70.